The number of nitrogens with zero attached hydrogens (tertiary/aromatic N) is 2. The van der Waals surface area contributed by atoms with Crippen LogP contribution >= 0.6 is 27.7 Å². The van der Waals surface area contributed by atoms with Crippen LogP contribution in [0.25, 0.3) is 0 Å². The minimum absolute atomic E-state index is 0.0978. The molecule has 0 fully saturated rings. The first-order valence-corrected chi connectivity index (χ1v) is 8.69. The van der Waals surface area contributed by atoms with Gasteiger partial charge in [0.2, 0.25) is 5.91 Å². The molecule has 8 heteroatoms. The molecule has 1 aliphatic rings. The van der Waals surface area contributed by atoms with E-state index in [9.17, 15) is 14.0 Å². The van der Waals surface area contributed by atoms with E-state index in [0.717, 1.165) is 0 Å². The molecule has 1 amide bonds. The van der Waals surface area contributed by atoms with Crippen molar-refractivity contribution in [2.24, 2.45) is 0 Å². The Morgan fingerprint density at radius 1 is 1.57 bits per heavy atom. The van der Waals surface area contributed by atoms with Crippen LogP contribution in [-0.4, -0.2) is 21.2 Å². The lowest BCUT2D eigenvalue weighted by molar-refractivity contribution is -0.116. The van der Waals surface area contributed by atoms with Crippen LogP contribution in [0.2, 0.25) is 0 Å². The third kappa shape index (κ3) is 3.32. The SMILES string of the molecule is Cc1cnc2n(c1=O)C(CC(=O)Nc1ccc(Br)cc1F)CS2. The molecule has 1 aliphatic heterocycles. The molecule has 1 aromatic carbocycles. The van der Waals surface area contributed by atoms with Crippen molar-refractivity contribution in [3.8, 4) is 0 Å². The number of aromatic nitrogens is 2. The van der Waals surface area contributed by atoms with Crippen molar-refractivity contribution in [2.75, 3.05) is 11.1 Å². The Balaban J connectivity index is 1.76. The van der Waals surface area contributed by atoms with E-state index >= 15 is 0 Å². The Morgan fingerprint density at radius 2 is 2.35 bits per heavy atom. The lowest BCUT2D eigenvalue weighted by Gasteiger charge is -2.14. The summed E-state index contributed by atoms with van der Waals surface area (Å²) in [5.41, 5.74) is 0.534. The van der Waals surface area contributed by atoms with E-state index in [1.54, 1.807) is 23.8 Å². The number of fused-ring (bicyclic) bond motifs is 1. The summed E-state index contributed by atoms with van der Waals surface area (Å²) in [7, 11) is 0. The molecule has 0 saturated heterocycles. The lowest BCUT2D eigenvalue weighted by Crippen LogP contribution is -2.28. The van der Waals surface area contributed by atoms with Crippen molar-refractivity contribution in [3.63, 3.8) is 0 Å². The summed E-state index contributed by atoms with van der Waals surface area (Å²) < 4.78 is 15.9. The van der Waals surface area contributed by atoms with Crippen LogP contribution < -0.4 is 10.9 Å². The van der Waals surface area contributed by atoms with Crippen molar-refractivity contribution in [1.29, 1.82) is 0 Å². The van der Waals surface area contributed by atoms with E-state index in [0.29, 0.717) is 20.9 Å². The zero-order valence-electron chi connectivity index (χ0n) is 12.2. The average molecular weight is 398 g/mol. The smallest absolute Gasteiger partial charge is 0.257 e. The number of halogens is 2. The highest BCUT2D eigenvalue weighted by Crippen LogP contribution is 2.32. The zero-order valence-corrected chi connectivity index (χ0v) is 14.6. The van der Waals surface area contributed by atoms with E-state index in [4.69, 9.17) is 0 Å². The topological polar surface area (TPSA) is 64.0 Å². The number of benzene rings is 1. The number of amides is 1. The fourth-order valence-electron chi connectivity index (χ4n) is 2.38. The molecule has 3 rings (SSSR count). The number of carbonyl (C=O) groups excluding carboxylic acids is 1. The van der Waals surface area contributed by atoms with Gasteiger partial charge in [-0.3, -0.25) is 14.2 Å². The molecule has 0 saturated carbocycles. The van der Waals surface area contributed by atoms with Gasteiger partial charge in [-0.1, -0.05) is 27.7 Å². The summed E-state index contributed by atoms with van der Waals surface area (Å²) in [6.07, 6.45) is 1.64. The lowest BCUT2D eigenvalue weighted by atomic mass is 10.2. The first-order valence-electron chi connectivity index (χ1n) is 6.91. The van der Waals surface area contributed by atoms with Gasteiger partial charge in [-0.25, -0.2) is 9.37 Å². The monoisotopic (exact) mass is 397 g/mol. The van der Waals surface area contributed by atoms with Crippen molar-refractivity contribution >= 4 is 39.3 Å². The minimum atomic E-state index is -0.511. The van der Waals surface area contributed by atoms with Crippen molar-refractivity contribution in [2.45, 2.75) is 24.5 Å². The van der Waals surface area contributed by atoms with Gasteiger partial charge in [0, 0.05) is 28.4 Å². The fraction of sp³-hybridized carbons (Fsp3) is 0.267. The highest BCUT2D eigenvalue weighted by atomic mass is 79.9. The maximum absolute atomic E-state index is 13.8. The second-order valence-corrected chi connectivity index (χ2v) is 7.14. The van der Waals surface area contributed by atoms with Crippen LogP contribution in [0.4, 0.5) is 10.1 Å². The summed E-state index contributed by atoms with van der Waals surface area (Å²) in [5.74, 6) is -0.247. The zero-order chi connectivity index (χ0) is 16.6. The normalized spacial score (nSPS) is 16.2. The Hall–Kier alpha value is -1.67. The number of hydrogen-bond acceptors (Lipinski definition) is 4. The highest BCUT2D eigenvalue weighted by Gasteiger charge is 2.27. The van der Waals surface area contributed by atoms with Crippen molar-refractivity contribution in [3.05, 3.63) is 50.6 Å². The molecule has 0 bridgehead atoms. The van der Waals surface area contributed by atoms with Gasteiger partial charge in [0.05, 0.1) is 11.7 Å². The molecule has 23 heavy (non-hydrogen) atoms. The second-order valence-electron chi connectivity index (χ2n) is 5.24. The Labute approximate surface area is 144 Å². The predicted octanol–water partition coefficient (Wildman–Crippen LogP) is 3.13. The maximum atomic E-state index is 13.8. The molecule has 0 spiro atoms. The van der Waals surface area contributed by atoms with Gasteiger partial charge in [-0.2, -0.15) is 0 Å². The summed E-state index contributed by atoms with van der Waals surface area (Å²) >= 11 is 4.61. The van der Waals surface area contributed by atoms with Gasteiger partial charge < -0.3 is 5.32 Å². The number of thioether (sulfide) groups is 1. The Kier molecular flexibility index (Phi) is 4.54. The van der Waals surface area contributed by atoms with E-state index < -0.39 is 5.82 Å². The molecular weight excluding hydrogens is 385 g/mol. The summed E-state index contributed by atoms with van der Waals surface area (Å²) in [5, 5.41) is 3.17. The average Bonchev–Trinajstić information content (AvgIpc) is 2.89. The Bertz CT molecular complexity index is 840. The van der Waals surface area contributed by atoms with Crippen LogP contribution in [0.3, 0.4) is 0 Å². The number of carbonyl (C=O) groups is 1. The Morgan fingerprint density at radius 3 is 3.09 bits per heavy atom. The molecular formula is C15H13BrFN3O2S. The van der Waals surface area contributed by atoms with Crippen molar-refractivity contribution in [1.82, 2.24) is 9.55 Å². The summed E-state index contributed by atoms with van der Waals surface area (Å²) in [4.78, 5) is 28.6. The molecule has 0 aliphatic carbocycles. The first kappa shape index (κ1) is 16.2. The largest absolute Gasteiger partial charge is 0.324 e. The molecule has 0 radical (unpaired) electrons. The minimum Gasteiger partial charge on any atom is -0.324 e. The van der Waals surface area contributed by atoms with Gasteiger partial charge in [-0.15, -0.1) is 0 Å². The van der Waals surface area contributed by atoms with Gasteiger partial charge in [0.25, 0.3) is 5.56 Å². The fourth-order valence-corrected chi connectivity index (χ4v) is 3.82. The van der Waals surface area contributed by atoms with Crippen LogP contribution in [-0.2, 0) is 4.79 Å². The molecule has 1 N–H and O–H groups in total. The van der Waals surface area contributed by atoms with Gasteiger partial charge in [0.15, 0.2) is 5.16 Å². The quantitative estimate of drug-likeness (QED) is 0.808. The van der Waals surface area contributed by atoms with Gasteiger partial charge in [0.1, 0.15) is 5.82 Å². The second kappa shape index (κ2) is 6.45. The number of anilines is 1. The van der Waals surface area contributed by atoms with Crippen molar-refractivity contribution < 1.29 is 9.18 Å². The molecule has 5 nitrogen and oxygen atoms in total. The molecule has 120 valence electrons. The number of hydrogen-bond donors (Lipinski definition) is 1. The maximum Gasteiger partial charge on any atom is 0.257 e. The number of aryl methyl sites for hydroxylation is 1. The molecule has 1 atom stereocenters. The predicted molar refractivity (Wildman–Crippen MR) is 90.3 cm³/mol. The van der Waals surface area contributed by atoms with Gasteiger partial charge in [-0.05, 0) is 25.1 Å². The standard InChI is InChI=1S/C15H13BrFN3O2S/c1-8-6-18-15-20(14(8)22)10(7-23-15)5-13(21)19-12-3-2-9(16)4-11(12)17/h2-4,6,10H,5,7H2,1H3,(H,19,21). The third-order valence-electron chi connectivity index (χ3n) is 3.53. The van der Waals surface area contributed by atoms with Crippen LogP contribution in [0.1, 0.15) is 18.0 Å². The first-order chi connectivity index (χ1) is 11.0. The van der Waals surface area contributed by atoms with Crippen LogP contribution in [0, 0.1) is 12.7 Å². The molecule has 2 heterocycles. The van der Waals surface area contributed by atoms with Crippen LogP contribution in [0.5, 0.6) is 0 Å². The summed E-state index contributed by atoms with van der Waals surface area (Å²) in [6.45, 7) is 1.69. The highest BCUT2D eigenvalue weighted by molar-refractivity contribution is 9.10. The summed E-state index contributed by atoms with van der Waals surface area (Å²) in [6, 6.07) is 4.16. The van der Waals surface area contributed by atoms with E-state index in [1.807, 2.05) is 0 Å². The number of nitrogens with one attached hydrogen (secondary N) is 1. The third-order valence-corrected chi connectivity index (χ3v) is 5.13. The van der Waals surface area contributed by atoms with Gasteiger partial charge >= 0.3 is 0 Å². The number of rotatable bonds is 3. The van der Waals surface area contributed by atoms with E-state index in [2.05, 4.69) is 26.2 Å². The van der Waals surface area contributed by atoms with E-state index in [-0.39, 0.29) is 29.6 Å². The van der Waals surface area contributed by atoms with E-state index in [1.165, 1.54) is 23.9 Å². The molecule has 1 unspecified atom stereocenters. The molecule has 2 aromatic rings. The van der Waals surface area contributed by atoms with Crippen LogP contribution in [0.15, 0.2) is 38.8 Å². The molecule has 1 aromatic heterocycles.